The van der Waals surface area contributed by atoms with Gasteiger partial charge in [-0.2, -0.15) is 5.10 Å². The number of ether oxygens (including phenoxy) is 1. The van der Waals surface area contributed by atoms with Crippen LogP contribution in [-0.2, 0) is 17.8 Å². The Bertz CT molecular complexity index is 291. The van der Waals surface area contributed by atoms with Gasteiger partial charge in [0.2, 0.25) is 0 Å². The molecule has 0 aromatic carbocycles. The molecule has 6 nitrogen and oxygen atoms in total. The molecule has 1 rings (SSSR count). The van der Waals surface area contributed by atoms with Crippen molar-refractivity contribution < 1.29 is 14.9 Å². The van der Waals surface area contributed by atoms with Crippen LogP contribution in [0, 0.1) is 0 Å². The zero-order valence-electron chi connectivity index (χ0n) is 9.46. The van der Waals surface area contributed by atoms with Crippen LogP contribution in [0.4, 0.5) is 0 Å². The van der Waals surface area contributed by atoms with Gasteiger partial charge in [-0.05, 0) is 0 Å². The van der Waals surface area contributed by atoms with Crippen molar-refractivity contribution in [1.29, 1.82) is 0 Å². The number of aromatic nitrogens is 2. The molecule has 0 bridgehead atoms. The maximum atomic E-state index is 9.38. The second-order valence-corrected chi connectivity index (χ2v) is 3.58. The monoisotopic (exact) mass is 229 g/mol. The number of aliphatic hydroxyl groups is 2. The normalized spacial score (nSPS) is 12.9. The van der Waals surface area contributed by atoms with Crippen molar-refractivity contribution in [1.82, 2.24) is 15.1 Å². The van der Waals surface area contributed by atoms with Gasteiger partial charge in [-0.3, -0.25) is 4.68 Å². The van der Waals surface area contributed by atoms with E-state index in [1.807, 2.05) is 6.20 Å². The molecule has 1 aromatic heterocycles. The van der Waals surface area contributed by atoms with Gasteiger partial charge >= 0.3 is 0 Å². The topological polar surface area (TPSA) is 79.5 Å². The van der Waals surface area contributed by atoms with Gasteiger partial charge in [-0.15, -0.1) is 0 Å². The van der Waals surface area contributed by atoms with Gasteiger partial charge in [0.25, 0.3) is 0 Å². The first-order valence-electron chi connectivity index (χ1n) is 5.26. The summed E-state index contributed by atoms with van der Waals surface area (Å²) < 4.78 is 6.49. The third-order valence-electron chi connectivity index (χ3n) is 2.08. The number of nitrogens with one attached hydrogen (secondary N) is 1. The van der Waals surface area contributed by atoms with E-state index in [1.165, 1.54) is 0 Å². The van der Waals surface area contributed by atoms with Gasteiger partial charge in [0.05, 0.1) is 32.1 Å². The maximum Gasteiger partial charge on any atom is 0.0897 e. The second kappa shape index (κ2) is 7.34. The predicted octanol–water partition coefficient (Wildman–Crippen LogP) is -1.03. The van der Waals surface area contributed by atoms with Crippen molar-refractivity contribution in [2.24, 2.45) is 0 Å². The van der Waals surface area contributed by atoms with E-state index in [9.17, 15) is 5.11 Å². The molecular weight excluding hydrogens is 210 g/mol. The van der Waals surface area contributed by atoms with Gasteiger partial charge < -0.3 is 20.3 Å². The van der Waals surface area contributed by atoms with Crippen molar-refractivity contribution in [2.45, 2.75) is 19.2 Å². The van der Waals surface area contributed by atoms with Crippen LogP contribution < -0.4 is 5.32 Å². The Labute approximate surface area is 94.8 Å². The molecule has 1 heterocycles. The van der Waals surface area contributed by atoms with Crippen LogP contribution in [-0.4, -0.2) is 53.0 Å². The van der Waals surface area contributed by atoms with Gasteiger partial charge in [0.1, 0.15) is 0 Å². The van der Waals surface area contributed by atoms with Crippen LogP contribution in [0.3, 0.4) is 0 Å². The van der Waals surface area contributed by atoms with Crippen LogP contribution in [0.15, 0.2) is 12.4 Å². The van der Waals surface area contributed by atoms with E-state index in [0.29, 0.717) is 26.2 Å². The Balaban J connectivity index is 2.21. The lowest BCUT2D eigenvalue weighted by Crippen LogP contribution is -2.29. The zero-order valence-corrected chi connectivity index (χ0v) is 9.46. The highest BCUT2D eigenvalue weighted by Gasteiger charge is 2.03. The van der Waals surface area contributed by atoms with Gasteiger partial charge in [0, 0.05) is 32.0 Å². The van der Waals surface area contributed by atoms with Crippen LogP contribution in [0.25, 0.3) is 0 Å². The first-order chi connectivity index (χ1) is 7.76. The number of rotatable bonds is 8. The highest BCUT2D eigenvalue weighted by atomic mass is 16.5. The lowest BCUT2D eigenvalue weighted by molar-refractivity contribution is 0.0644. The number of hydrogen-bond donors (Lipinski definition) is 3. The van der Waals surface area contributed by atoms with E-state index in [-0.39, 0.29) is 6.61 Å². The molecule has 6 heteroatoms. The average Bonchev–Trinajstić information content (AvgIpc) is 2.67. The molecule has 1 unspecified atom stereocenters. The van der Waals surface area contributed by atoms with Gasteiger partial charge in [-0.1, -0.05) is 0 Å². The second-order valence-electron chi connectivity index (χ2n) is 3.58. The summed E-state index contributed by atoms with van der Waals surface area (Å²) in [6.07, 6.45) is 3.12. The first kappa shape index (κ1) is 13.1. The Morgan fingerprint density at radius 1 is 1.62 bits per heavy atom. The van der Waals surface area contributed by atoms with Crippen LogP contribution >= 0.6 is 0 Å². The zero-order chi connectivity index (χ0) is 11.8. The van der Waals surface area contributed by atoms with E-state index in [4.69, 9.17) is 9.84 Å². The number of hydrogen-bond acceptors (Lipinski definition) is 5. The van der Waals surface area contributed by atoms with Crippen LogP contribution in [0.1, 0.15) is 5.56 Å². The summed E-state index contributed by atoms with van der Waals surface area (Å²) in [4.78, 5) is 0. The van der Waals surface area contributed by atoms with Gasteiger partial charge in [-0.25, -0.2) is 0 Å². The minimum atomic E-state index is -0.488. The standard InChI is InChI=1S/C10H19N3O3/c1-16-8-10(15)6-11-4-9-5-12-13(7-9)2-3-14/h5,7,10-11,14-15H,2-4,6,8H2,1H3. The van der Waals surface area contributed by atoms with E-state index in [1.54, 1.807) is 18.0 Å². The van der Waals surface area contributed by atoms with E-state index >= 15 is 0 Å². The Hall–Kier alpha value is -0.950. The average molecular weight is 229 g/mol. The van der Waals surface area contributed by atoms with Crippen molar-refractivity contribution in [3.8, 4) is 0 Å². The summed E-state index contributed by atoms with van der Waals surface area (Å²) in [7, 11) is 1.56. The van der Waals surface area contributed by atoms with Crippen molar-refractivity contribution >= 4 is 0 Å². The first-order valence-corrected chi connectivity index (χ1v) is 5.26. The summed E-state index contributed by atoms with van der Waals surface area (Å²) in [6.45, 7) is 2.05. The smallest absolute Gasteiger partial charge is 0.0897 e. The lowest BCUT2D eigenvalue weighted by Gasteiger charge is -2.09. The minimum absolute atomic E-state index is 0.0844. The third kappa shape index (κ3) is 4.71. The molecule has 0 amide bonds. The molecule has 0 saturated carbocycles. The fraction of sp³-hybridized carbons (Fsp3) is 0.700. The molecule has 1 atom stereocenters. The highest BCUT2D eigenvalue weighted by Crippen LogP contribution is 1.96. The molecule has 0 spiro atoms. The maximum absolute atomic E-state index is 9.38. The van der Waals surface area contributed by atoms with E-state index < -0.39 is 6.10 Å². The molecule has 0 saturated heterocycles. The largest absolute Gasteiger partial charge is 0.394 e. The molecular formula is C10H19N3O3. The molecule has 0 radical (unpaired) electrons. The van der Waals surface area contributed by atoms with E-state index in [2.05, 4.69) is 10.4 Å². The summed E-state index contributed by atoms with van der Waals surface area (Å²) in [5.41, 5.74) is 1.03. The molecule has 3 N–H and O–H groups in total. The Kier molecular flexibility index (Phi) is 6.02. The van der Waals surface area contributed by atoms with Crippen molar-refractivity contribution in [3.63, 3.8) is 0 Å². The summed E-state index contributed by atoms with van der Waals surface area (Å²) in [5, 5.41) is 25.3. The minimum Gasteiger partial charge on any atom is -0.394 e. The quantitative estimate of drug-likeness (QED) is 0.531. The van der Waals surface area contributed by atoms with Crippen LogP contribution in [0.2, 0.25) is 0 Å². The number of aliphatic hydroxyl groups excluding tert-OH is 2. The lowest BCUT2D eigenvalue weighted by atomic mass is 10.3. The number of methoxy groups -OCH3 is 1. The third-order valence-corrected chi connectivity index (χ3v) is 2.08. The Morgan fingerprint density at radius 3 is 3.12 bits per heavy atom. The molecule has 16 heavy (non-hydrogen) atoms. The number of nitrogens with zero attached hydrogens (tertiary/aromatic N) is 2. The molecule has 0 aliphatic heterocycles. The fourth-order valence-corrected chi connectivity index (χ4v) is 1.36. The molecule has 0 aliphatic carbocycles. The van der Waals surface area contributed by atoms with E-state index in [0.717, 1.165) is 5.56 Å². The predicted molar refractivity (Wildman–Crippen MR) is 58.9 cm³/mol. The van der Waals surface area contributed by atoms with Crippen molar-refractivity contribution in [3.05, 3.63) is 18.0 Å². The fourth-order valence-electron chi connectivity index (χ4n) is 1.36. The molecule has 0 aliphatic rings. The summed E-state index contributed by atoms with van der Waals surface area (Å²) in [6, 6.07) is 0. The summed E-state index contributed by atoms with van der Waals surface area (Å²) >= 11 is 0. The SMILES string of the molecule is COCC(O)CNCc1cnn(CCO)c1. The molecule has 0 fully saturated rings. The molecule has 1 aromatic rings. The molecule has 92 valence electrons. The van der Waals surface area contributed by atoms with Crippen LogP contribution in [0.5, 0.6) is 0 Å². The Morgan fingerprint density at radius 2 is 2.44 bits per heavy atom. The summed E-state index contributed by atoms with van der Waals surface area (Å²) in [5.74, 6) is 0. The highest BCUT2D eigenvalue weighted by molar-refractivity contribution is 5.03. The van der Waals surface area contributed by atoms with Crippen molar-refractivity contribution in [2.75, 3.05) is 26.9 Å². The van der Waals surface area contributed by atoms with Gasteiger partial charge in [0.15, 0.2) is 0 Å².